The summed E-state index contributed by atoms with van der Waals surface area (Å²) in [6.07, 6.45) is 3.48. The highest BCUT2D eigenvalue weighted by atomic mass is 16.5. The molecular formula is C24H26N6O2. The number of nitrogens with one attached hydrogen (secondary N) is 2. The Morgan fingerprint density at radius 2 is 2.00 bits per heavy atom. The Morgan fingerprint density at radius 3 is 2.75 bits per heavy atom. The van der Waals surface area contributed by atoms with Gasteiger partial charge in [0.15, 0.2) is 0 Å². The first-order valence-electron chi connectivity index (χ1n) is 10.8. The van der Waals surface area contributed by atoms with Gasteiger partial charge in [0.25, 0.3) is 5.91 Å². The van der Waals surface area contributed by atoms with E-state index in [0.717, 1.165) is 53.9 Å². The number of imidazole rings is 1. The van der Waals surface area contributed by atoms with Gasteiger partial charge in [-0.05, 0) is 55.3 Å². The van der Waals surface area contributed by atoms with Crippen LogP contribution in [-0.2, 0) is 9.53 Å². The molecule has 8 nitrogen and oxygen atoms in total. The van der Waals surface area contributed by atoms with Gasteiger partial charge in [0.1, 0.15) is 17.6 Å². The number of rotatable bonds is 5. The molecule has 164 valence electrons. The summed E-state index contributed by atoms with van der Waals surface area (Å²) in [5.41, 5.74) is 9.60. The predicted molar refractivity (Wildman–Crippen MR) is 124 cm³/mol. The summed E-state index contributed by atoms with van der Waals surface area (Å²) >= 11 is 0. The molecule has 8 heteroatoms. The number of aromatic amines is 1. The molecule has 0 saturated carbocycles. The second kappa shape index (κ2) is 8.57. The number of benzene rings is 2. The summed E-state index contributed by atoms with van der Waals surface area (Å²) in [5.74, 6) is 0.586. The fourth-order valence-corrected chi connectivity index (χ4v) is 4.17. The van der Waals surface area contributed by atoms with Crippen LogP contribution in [-0.4, -0.2) is 53.0 Å². The number of hydrogen-bond acceptors (Lipinski definition) is 6. The van der Waals surface area contributed by atoms with Crippen molar-refractivity contribution in [2.75, 3.05) is 20.1 Å². The number of para-hydroxylation sites is 2. The molecule has 0 radical (unpaired) electrons. The third kappa shape index (κ3) is 4.28. The molecule has 0 spiro atoms. The summed E-state index contributed by atoms with van der Waals surface area (Å²) in [6, 6.07) is 15.9. The first-order valence-corrected chi connectivity index (χ1v) is 10.8. The summed E-state index contributed by atoms with van der Waals surface area (Å²) in [7, 11) is 2.14. The van der Waals surface area contributed by atoms with Gasteiger partial charge in [-0.15, -0.1) is 0 Å². The lowest BCUT2D eigenvalue weighted by atomic mass is 10.0. The highest BCUT2D eigenvalue weighted by Gasteiger charge is 2.26. The minimum atomic E-state index is -0.347. The van der Waals surface area contributed by atoms with Crippen LogP contribution >= 0.6 is 0 Å². The number of aromatic nitrogens is 2. The average Bonchev–Trinajstić information content (AvgIpc) is 3.35. The largest absolute Gasteiger partial charge is 0.369 e. The summed E-state index contributed by atoms with van der Waals surface area (Å²) in [6.45, 7) is 2.02. The monoisotopic (exact) mass is 430 g/mol. The number of likely N-dealkylation sites (tertiary alicyclic amines) is 1. The molecule has 2 aromatic carbocycles. The van der Waals surface area contributed by atoms with Gasteiger partial charge in [-0.3, -0.25) is 10.1 Å². The maximum Gasteiger partial charge on any atom is 0.276 e. The maximum absolute atomic E-state index is 12.0. The molecule has 5 rings (SSSR count). The van der Waals surface area contributed by atoms with Crippen molar-refractivity contribution in [1.82, 2.24) is 20.2 Å². The van der Waals surface area contributed by atoms with E-state index in [9.17, 15) is 4.79 Å². The Bertz CT molecular complexity index is 1170. The zero-order chi connectivity index (χ0) is 22.1. The summed E-state index contributed by atoms with van der Waals surface area (Å²) in [4.78, 5) is 26.6. The van der Waals surface area contributed by atoms with Crippen molar-refractivity contribution < 1.29 is 9.53 Å². The van der Waals surface area contributed by atoms with Gasteiger partial charge >= 0.3 is 0 Å². The van der Waals surface area contributed by atoms with Crippen molar-refractivity contribution in [1.29, 1.82) is 0 Å². The Hall–Kier alpha value is -3.49. The topological polar surface area (TPSA) is 109 Å². The SMILES string of the molecule is CN1CCC(OC(c2cccc(C=C3N=C(N)NC3=O)c2)c2nc3ccccc3[nH]2)CC1. The molecule has 32 heavy (non-hydrogen) atoms. The third-order valence-corrected chi connectivity index (χ3v) is 5.88. The molecule has 2 aliphatic rings. The van der Waals surface area contributed by atoms with Gasteiger partial charge < -0.3 is 20.4 Å². The minimum Gasteiger partial charge on any atom is -0.369 e. The van der Waals surface area contributed by atoms with Crippen LogP contribution in [0.4, 0.5) is 0 Å². The van der Waals surface area contributed by atoms with Crippen LogP contribution in [0.2, 0.25) is 0 Å². The van der Waals surface area contributed by atoms with E-state index in [1.165, 1.54) is 0 Å². The molecule has 1 amide bonds. The van der Waals surface area contributed by atoms with Crippen LogP contribution in [0.5, 0.6) is 0 Å². The van der Waals surface area contributed by atoms with Gasteiger partial charge in [-0.2, -0.15) is 0 Å². The van der Waals surface area contributed by atoms with E-state index in [0.29, 0.717) is 0 Å². The number of carbonyl (C=O) groups is 1. The second-order valence-corrected chi connectivity index (χ2v) is 8.31. The van der Waals surface area contributed by atoms with Crippen LogP contribution in [0.25, 0.3) is 17.1 Å². The first-order chi connectivity index (χ1) is 15.5. The number of guanidine groups is 1. The third-order valence-electron chi connectivity index (χ3n) is 5.88. The normalized spacial score (nSPS) is 20.0. The van der Waals surface area contributed by atoms with Crippen molar-refractivity contribution in [3.8, 4) is 0 Å². The molecule has 1 fully saturated rings. The lowest BCUT2D eigenvalue weighted by molar-refractivity contribution is -0.115. The number of amides is 1. The maximum atomic E-state index is 12.0. The molecule has 1 unspecified atom stereocenters. The second-order valence-electron chi connectivity index (χ2n) is 8.31. The van der Waals surface area contributed by atoms with E-state index in [-0.39, 0.29) is 29.8 Å². The molecule has 4 N–H and O–H groups in total. The molecule has 2 aliphatic heterocycles. The van der Waals surface area contributed by atoms with E-state index < -0.39 is 0 Å². The number of piperidine rings is 1. The Balaban J connectivity index is 1.50. The number of carbonyl (C=O) groups excluding carboxylic acids is 1. The van der Waals surface area contributed by atoms with Crippen LogP contribution < -0.4 is 11.1 Å². The standard InChI is InChI=1S/C24H26N6O2/c1-30-11-9-17(10-12-30)32-21(22-26-18-7-2-3-8-19(18)27-22)16-6-4-5-15(13-16)14-20-23(31)29-24(25)28-20/h2-8,13-14,17,21H,9-12H2,1H3,(H,26,27)(H3,25,28,29,31). The van der Waals surface area contributed by atoms with E-state index in [1.807, 2.05) is 48.5 Å². The van der Waals surface area contributed by atoms with E-state index in [1.54, 1.807) is 6.08 Å². The summed E-state index contributed by atoms with van der Waals surface area (Å²) in [5, 5.41) is 2.50. The molecule has 1 saturated heterocycles. The van der Waals surface area contributed by atoms with Crippen LogP contribution in [0.3, 0.4) is 0 Å². The average molecular weight is 431 g/mol. The minimum absolute atomic E-state index is 0.114. The quantitative estimate of drug-likeness (QED) is 0.539. The molecular weight excluding hydrogens is 404 g/mol. The number of hydrogen-bond donors (Lipinski definition) is 3. The fraction of sp³-hybridized carbons (Fsp3) is 0.292. The van der Waals surface area contributed by atoms with Crippen molar-refractivity contribution in [2.45, 2.75) is 25.0 Å². The van der Waals surface area contributed by atoms with Gasteiger partial charge in [0, 0.05) is 13.1 Å². The number of aliphatic imine (C=N–C) groups is 1. The molecule has 1 aromatic heterocycles. The number of H-pyrrole nitrogens is 1. The van der Waals surface area contributed by atoms with Crippen molar-refractivity contribution in [2.24, 2.45) is 10.7 Å². The number of nitrogens with two attached hydrogens (primary N) is 1. The number of fused-ring (bicyclic) bond motifs is 1. The molecule has 0 aliphatic carbocycles. The fourth-order valence-electron chi connectivity index (χ4n) is 4.17. The van der Waals surface area contributed by atoms with Crippen molar-refractivity contribution >= 4 is 29.0 Å². The predicted octanol–water partition coefficient (Wildman–Crippen LogP) is 2.55. The Labute approximate surface area is 186 Å². The van der Waals surface area contributed by atoms with E-state index in [2.05, 4.69) is 27.2 Å². The van der Waals surface area contributed by atoms with Gasteiger partial charge in [0.2, 0.25) is 5.96 Å². The smallest absolute Gasteiger partial charge is 0.276 e. The van der Waals surface area contributed by atoms with Gasteiger partial charge in [-0.25, -0.2) is 9.98 Å². The molecule has 3 aromatic rings. The van der Waals surface area contributed by atoms with Crippen LogP contribution in [0, 0.1) is 0 Å². The number of nitrogens with zero attached hydrogens (tertiary/aromatic N) is 3. The Kier molecular flexibility index (Phi) is 5.46. The lowest BCUT2D eigenvalue weighted by Gasteiger charge is -2.31. The zero-order valence-electron chi connectivity index (χ0n) is 17.9. The van der Waals surface area contributed by atoms with Crippen molar-refractivity contribution in [3.05, 3.63) is 71.2 Å². The molecule has 1 atom stereocenters. The Morgan fingerprint density at radius 1 is 1.19 bits per heavy atom. The van der Waals surface area contributed by atoms with Crippen LogP contribution in [0.1, 0.15) is 35.9 Å². The number of ether oxygens (including phenoxy) is 1. The highest BCUT2D eigenvalue weighted by molar-refractivity contribution is 6.13. The van der Waals surface area contributed by atoms with Crippen LogP contribution in [0.15, 0.2) is 59.2 Å². The lowest BCUT2D eigenvalue weighted by Crippen LogP contribution is -2.35. The van der Waals surface area contributed by atoms with Crippen molar-refractivity contribution in [3.63, 3.8) is 0 Å². The van der Waals surface area contributed by atoms with Gasteiger partial charge in [0.05, 0.1) is 17.1 Å². The molecule has 0 bridgehead atoms. The molecule has 3 heterocycles. The highest BCUT2D eigenvalue weighted by Crippen LogP contribution is 2.30. The van der Waals surface area contributed by atoms with E-state index >= 15 is 0 Å². The zero-order valence-corrected chi connectivity index (χ0v) is 17.9. The van der Waals surface area contributed by atoms with E-state index in [4.69, 9.17) is 15.5 Å². The summed E-state index contributed by atoms with van der Waals surface area (Å²) < 4.78 is 6.64. The first kappa shape index (κ1) is 20.4. The van der Waals surface area contributed by atoms with Gasteiger partial charge in [-0.1, -0.05) is 30.3 Å².